The number of anilines is 1. The zero-order valence-corrected chi connectivity index (χ0v) is 17.4. The number of aromatic nitrogens is 2. The summed E-state index contributed by atoms with van der Waals surface area (Å²) in [6.07, 6.45) is 0.509. The van der Waals surface area contributed by atoms with E-state index in [1.54, 1.807) is 22.9 Å². The summed E-state index contributed by atoms with van der Waals surface area (Å²) in [4.78, 5) is 13.6. The van der Waals surface area contributed by atoms with Crippen molar-refractivity contribution in [2.24, 2.45) is 0 Å². The van der Waals surface area contributed by atoms with Crippen LogP contribution in [-0.4, -0.2) is 35.6 Å². The lowest BCUT2D eigenvalue weighted by atomic mass is 10.2. The number of rotatable bonds is 4. The SMILES string of the molecule is O=C(Nc1cccc(Br)c1)c1cc(-c2cccs2)n(C2CCS(=O)(=O)C2)n1. The number of carbonyl (C=O) groups excluding carboxylic acids is 1. The second-order valence-electron chi connectivity index (χ2n) is 6.36. The fourth-order valence-corrected chi connectivity index (χ4v) is 5.95. The zero-order chi connectivity index (χ0) is 19.0. The molecule has 0 aliphatic carbocycles. The van der Waals surface area contributed by atoms with E-state index in [1.807, 2.05) is 29.6 Å². The average Bonchev–Trinajstić information content (AvgIpc) is 3.32. The Kier molecular flexibility index (Phi) is 4.92. The Hall–Kier alpha value is -1.97. The molecule has 1 N–H and O–H groups in total. The van der Waals surface area contributed by atoms with Gasteiger partial charge in [-0.3, -0.25) is 9.48 Å². The van der Waals surface area contributed by atoms with Crippen LogP contribution in [0.5, 0.6) is 0 Å². The molecule has 1 unspecified atom stereocenters. The molecule has 1 fully saturated rings. The van der Waals surface area contributed by atoms with E-state index in [9.17, 15) is 13.2 Å². The lowest BCUT2D eigenvalue weighted by Crippen LogP contribution is -2.16. The van der Waals surface area contributed by atoms with Crippen molar-refractivity contribution < 1.29 is 13.2 Å². The van der Waals surface area contributed by atoms with Crippen molar-refractivity contribution in [2.75, 3.05) is 16.8 Å². The van der Waals surface area contributed by atoms with Crippen molar-refractivity contribution in [2.45, 2.75) is 12.5 Å². The van der Waals surface area contributed by atoms with Crippen LogP contribution in [0, 0.1) is 0 Å². The summed E-state index contributed by atoms with van der Waals surface area (Å²) < 4.78 is 26.4. The van der Waals surface area contributed by atoms with Gasteiger partial charge in [-0.25, -0.2) is 8.42 Å². The molecule has 1 atom stereocenters. The molecule has 27 heavy (non-hydrogen) atoms. The number of nitrogens with zero attached hydrogens (tertiary/aromatic N) is 2. The van der Waals surface area contributed by atoms with Crippen molar-refractivity contribution in [3.05, 3.63) is 58.0 Å². The first-order chi connectivity index (χ1) is 12.9. The highest BCUT2D eigenvalue weighted by molar-refractivity contribution is 9.10. The molecule has 1 aliphatic heterocycles. The van der Waals surface area contributed by atoms with Crippen LogP contribution in [0.2, 0.25) is 0 Å². The topological polar surface area (TPSA) is 81.1 Å². The Bertz CT molecular complexity index is 1090. The van der Waals surface area contributed by atoms with E-state index < -0.39 is 9.84 Å². The molecular weight excluding hydrogens is 450 g/mol. The summed E-state index contributed by atoms with van der Waals surface area (Å²) in [5, 5.41) is 9.24. The molecular formula is C18H16BrN3O3S2. The van der Waals surface area contributed by atoms with Crippen molar-refractivity contribution >= 4 is 48.7 Å². The number of hydrogen-bond acceptors (Lipinski definition) is 5. The monoisotopic (exact) mass is 465 g/mol. The molecule has 1 aliphatic rings. The van der Waals surface area contributed by atoms with Gasteiger partial charge in [0.25, 0.3) is 5.91 Å². The molecule has 0 bridgehead atoms. The fourth-order valence-electron chi connectivity index (χ4n) is 3.12. The first-order valence-electron chi connectivity index (χ1n) is 8.32. The summed E-state index contributed by atoms with van der Waals surface area (Å²) in [5.41, 5.74) is 1.69. The number of hydrogen-bond donors (Lipinski definition) is 1. The molecule has 2 aromatic heterocycles. The number of sulfone groups is 1. The summed E-state index contributed by atoms with van der Waals surface area (Å²) in [7, 11) is -3.06. The Morgan fingerprint density at radius 1 is 1.26 bits per heavy atom. The lowest BCUT2D eigenvalue weighted by Gasteiger charge is -2.12. The normalized spacial score (nSPS) is 18.5. The lowest BCUT2D eigenvalue weighted by molar-refractivity contribution is 0.102. The third kappa shape index (κ3) is 3.99. The van der Waals surface area contributed by atoms with Gasteiger partial charge in [-0.05, 0) is 42.1 Å². The highest BCUT2D eigenvalue weighted by Gasteiger charge is 2.32. The Balaban J connectivity index is 1.68. The molecule has 6 nitrogen and oxygen atoms in total. The van der Waals surface area contributed by atoms with Crippen LogP contribution in [0.1, 0.15) is 23.0 Å². The van der Waals surface area contributed by atoms with Crippen molar-refractivity contribution in [3.8, 4) is 10.6 Å². The van der Waals surface area contributed by atoms with Gasteiger partial charge in [-0.1, -0.05) is 28.1 Å². The number of amides is 1. The molecule has 0 radical (unpaired) electrons. The third-order valence-corrected chi connectivity index (χ3v) is 7.51. The molecule has 9 heteroatoms. The maximum atomic E-state index is 12.7. The quantitative estimate of drug-likeness (QED) is 0.631. The van der Waals surface area contributed by atoms with E-state index in [4.69, 9.17) is 0 Å². The van der Waals surface area contributed by atoms with Crippen molar-refractivity contribution in [1.82, 2.24) is 9.78 Å². The first-order valence-corrected chi connectivity index (χ1v) is 11.8. The zero-order valence-electron chi connectivity index (χ0n) is 14.1. The molecule has 1 saturated heterocycles. The van der Waals surface area contributed by atoms with Gasteiger partial charge >= 0.3 is 0 Å². The maximum Gasteiger partial charge on any atom is 0.276 e. The van der Waals surface area contributed by atoms with E-state index >= 15 is 0 Å². The molecule has 140 valence electrons. The van der Waals surface area contributed by atoms with Gasteiger partial charge in [0.2, 0.25) is 0 Å². The van der Waals surface area contributed by atoms with Gasteiger partial charge in [-0.15, -0.1) is 11.3 Å². The minimum absolute atomic E-state index is 0.0553. The number of nitrogens with one attached hydrogen (secondary N) is 1. The van der Waals surface area contributed by atoms with Gasteiger partial charge in [0, 0.05) is 10.2 Å². The largest absolute Gasteiger partial charge is 0.321 e. The van der Waals surface area contributed by atoms with Crippen molar-refractivity contribution in [3.63, 3.8) is 0 Å². The van der Waals surface area contributed by atoms with Crippen LogP contribution in [0.15, 0.2) is 52.3 Å². The Labute approximate surface area is 169 Å². The van der Waals surface area contributed by atoms with Crippen LogP contribution in [-0.2, 0) is 9.84 Å². The summed E-state index contributed by atoms with van der Waals surface area (Å²) in [6.45, 7) is 0. The van der Waals surface area contributed by atoms with Crippen LogP contribution in [0.4, 0.5) is 5.69 Å². The molecule has 0 saturated carbocycles. The van der Waals surface area contributed by atoms with Crippen molar-refractivity contribution in [1.29, 1.82) is 0 Å². The second-order valence-corrected chi connectivity index (χ2v) is 10.5. The fraction of sp³-hybridized carbons (Fsp3) is 0.222. The second kappa shape index (κ2) is 7.21. The van der Waals surface area contributed by atoms with E-state index in [-0.39, 0.29) is 29.1 Å². The molecule has 1 aromatic carbocycles. The van der Waals surface area contributed by atoms with Crippen LogP contribution >= 0.6 is 27.3 Å². The average molecular weight is 466 g/mol. The van der Waals surface area contributed by atoms with E-state index in [1.165, 1.54) is 11.3 Å². The minimum Gasteiger partial charge on any atom is -0.321 e. The molecule has 4 rings (SSSR count). The molecule has 0 spiro atoms. The van der Waals surface area contributed by atoms with Crippen LogP contribution < -0.4 is 5.32 Å². The molecule has 3 heterocycles. The first kappa shape index (κ1) is 18.4. The highest BCUT2D eigenvalue weighted by atomic mass is 79.9. The minimum atomic E-state index is -3.06. The standard InChI is InChI=1S/C18H16BrN3O3S2/c19-12-3-1-4-13(9-12)20-18(23)15-10-16(17-5-2-7-26-17)22(21-15)14-6-8-27(24,25)11-14/h1-5,7,9-10,14H,6,8,11H2,(H,20,23). The molecule has 3 aromatic rings. The summed E-state index contributed by atoms with van der Waals surface area (Å²) >= 11 is 4.91. The number of carbonyl (C=O) groups is 1. The van der Waals surface area contributed by atoms with Gasteiger partial charge < -0.3 is 5.32 Å². The number of benzene rings is 1. The van der Waals surface area contributed by atoms with E-state index in [2.05, 4.69) is 26.3 Å². The highest BCUT2D eigenvalue weighted by Crippen LogP contribution is 2.32. The van der Waals surface area contributed by atoms with Gasteiger partial charge in [0.05, 0.1) is 28.1 Å². The third-order valence-electron chi connectivity index (χ3n) is 4.38. The predicted molar refractivity (Wildman–Crippen MR) is 110 cm³/mol. The van der Waals surface area contributed by atoms with Gasteiger partial charge in [0.1, 0.15) is 0 Å². The smallest absolute Gasteiger partial charge is 0.276 e. The molecule has 1 amide bonds. The number of halogens is 1. The number of thiophene rings is 1. The maximum absolute atomic E-state index is 12.7. The van der Waals surface area contributed by atoms with Gasteiger partial charge in [-0.2, -0.15) is 5.10 Å². The van der Waals surface area contributed by atoms with Crippen LogP contribution in [0.3, 0.4) is 0 Å². The summed E-state index contributed by atoms with van der Waals surface area (Å²) in [6, 6.07) is 12.6. The predicted octanol–water partition coefficient (Wildman–Crippen LogP) is 3.99. The van der Waals surface area contributed by atoms with Gasteiger partial charge in [0.15, 0.2) is 15.5 Å². The Morgan fingerprint density at radius 3 is 2.78 bits per heavy atom. The Morgan fingerprint density at radius 2 is 2.11 bits per heavy atom. The van der Waals surface area contributed by atoms with Crippen LogP contribution in [0.25, 0.3) is 10.6 Å². The summed E-state index contributed by atoms with van der Waals surface area (Å²) in [5.74, 6) is -0.119. The van der Waals surface area contributed by atoms with E-state index in [0.717, 1.165) is 15.0 Å². The van der Waals surface area contributed by atoms with E-state index in [0.29, 0.717) is 12.1 Å².